The molecule has 2 N–H and O–H groups in total. The normalized spacial score (nSPS) is 15.8. The van der Waals surface area contributed by atoms with Crippen LogP contribution in [0.4, 0.5) is 23.4 Å². The van der Waals surface area contributed by atoms with E-state index in [0.29, 0.717) is 58.7 Å². The number of aromatic nitrogens is 5. The van der Waals surface area contributed by atoms with E-state index in [9.17, 15) is 27.8 Å². The number of hydrogen-bond donors (Lipinski definition) is 2. The van der Waals surface area contributed by atoms with Crippen LogP contribution in [-0.4, -0.2) is 59.7 Å². The van der Waals surface area contributed by atoms with Crippen molar-refractivity contribution in [2.24, 2.45) is 0 Å². The molecule has 1 fully saturated rings. The maximum atomic E-state index is 14.0. The van der Waals surface area contributed by atoms with Crippen LogP contribution in [0, 0.1) is 11.6 Å². The SMILES string of the molecule is CC(C)(O)[C@H](O)c1cc2nc(-c3cnn(C(F)F)c3)c(N3CCC(Oc4ccc(F)cc4F)CC3)nc2cn1. The number of anilines is 1. The van der Waals surface area contributed by atoms with Crippen LogP contribution in [0.15, 0.2) is 42.9 Å². The van der Waals surface area contributed by atoms with Gasteiger partial charge in [-0.3, -0.25) is 4.98 Å². The van der Waals surface area contributed by atoms with E-state index in [-0.39, 0.29) is 17.5 Å². The number of aliphatic hydroxyl groups is 2. The summed E-state index contributed by atoms with van der Waals surface area (Å²) in [6.07, 6.45) is 3.22. The molecule has 3 aromatic heterocycles. The van der Waals surface area contributed by atoms with E-state index in [1.165, 1.54) is 44.6 Å². The Morgan fingerprint density at radius 3 is 2.44 bits per heavy atom. The molecule has 1 aliphatic rings. The molecule has 0 bridgehead atoms. The number of hydrogen-bond acceptors (Lipinski definition) is 8. The van der Waals surface area contributed by atoms with Gasteiger partial charge in [0.15, 0.2) is 17.4 Å². The van der Waals surface area contributed by atoms with Gasteiger partial charge in [-0.05, 0) is 32.0 Å². The van der Waals surface area contributed by atoms with E-state index < -0.39 is 29.9 Å². The Morgan fingerprint density at radius 1 is 1.05 bits per heavy atom. The zero-order valence-electron chi connectivity index (χ0n) is 21.1. The van der Waals surface area contributed by atoms with Gasteiger partial charge in [-0.1, -0.05) is 0 Å². The van der Waals surface area contributed by atoms with Gasteiger partial charge in [-0.2, -0.15) is 13.9 Å². The molecule has 1 atom stereocenters. The fourth-order valence-electron chi connectivity index (χ4n) is 4.39. The average Bonchev–Trinajstić information content (AvgIpc) is 3.39. The van der Waals surface area contributed by atoms with Crippen molar-refractivity contribution < 1.29 is 32.5 Å². The summed E-state index contributed by atoms with van der Waals surface area (Å²) in [7, 11) is 0. The third-order valence-electron chi connectivity index (χ3n) is 6.51. The fourth-order valence-corrected chi connectivity index (χ4v) is 4.39. The van der Waals surface area contributed by atoms with Crippen LogP contribution in [0.5, 0.6) is 5.75 Å². The summed E-state index contributed by atoms with van der Waals surface area (Å²) >= 11 is 0. The van der Waals surface area contributed by atoms with Gasteiger partial charge in [-0.25, -0.2) is 23.4 Å². The zero-order chi connectivity index (χ0) is 27.9. The Labute approximate surface area is 220 Å². The molecule has 0 spiro atoms. The molecular formula is C26H26F4N6O3. The molecule has 0 amide bonds. The molecule has 9 nitrogen and oxygen atoms in total. The number of rotatable bonds is 7. The van der Waals surface area contributed by atoms with Crippen LogP contribution >= 0.6 is 0 Å². The van der Waals surface area contributed by atoms with Crippen molar-refractivity contribution >= 4 is 16.9 Å². The summed E-state index contributed by atoms with van der Waals surface area (Å²) in [6, 6.07) is 4.64. The molecule has 5 rings (SSSR count). The fraction of sp³-hybridized carbons (Fsp3) is 0.385. The van der Waals surface area contributed by atoms with Crippen LogP contribution in [0.25, 0.3) is 22.3 Å². The van der Waals surface area contributed by atoms with Crippen molar-refractivity contribution in [3.63, 3.8) is 0 Å². The second kappa shape index (κ2) is 10.4. The lowest BCUT2D eigenvalue weighted by Crippen LogP contribution is -2.39. The first-order valence-corrected chi connectivity index (χ1v) is 12.3. The van der Waals surface area contributed by atoms with E-state index in [1.807, 2.05) is 4.90 Å². The summed E-state index contributed by atoms with van der Waals surface area (Å²) in [5, 5.41) is 24.4. The van der Waals surface area contributed by atoms with Crippen molar-refractivity contribution in [1.29, 1.82) is 0 Å². The summed E-state index contributed by atoms with van der Waals surface area (Å²) in [4.78, 5) is 15.5. The summed E-state index contributed by atoms with van der Waals surface area (Å²) in [6.45, 7) is 0.924. The predicted octanol–water partition coefficient (Wildman–Crippen LogP) is 4.41. The molecule has 0 aliphatic carbocycles. The van der Waals surface area contributed by atoms with Crippen molar-refractivity contribution in [2.75, 3.05) is 18.0 Å². The van der Waals surface area contributed by atoms with Crippen molar-refractivity contribution in [2.45, 2.75) is 51.0 Å². The van der Waals surface area contributed by atoms with Crippen LogP contribution in [0.3, 0.4) is 0 Å². The summed E-state index contributed by atoms with van der Waals surface area (Å²) in [5.74, 6) is -1.09. The molecule has 39 heavy (non-hydrogen) atoms. The molecular weight excluding hydrogens is 520 g/mol. The van der Waals surface area contributed by atoms with Gasteiger partial charge in [0.1, 0.15) is 29.2 Å². The Bertz CT molecular complexity index is 1480. The van der Waals surface area contributed by atoms with Gasteiger partial charge in [0, 0.05) is 43.8 Å². The van der Waals surface area contributed by atoms with E-state index in [4.69, 9.17) is 9.72 Å². The van der Waals surface area contributed by atoms with Crippen LogP contribution in [0.2, 0.25) is 0 Å². The second-order valence-electron chi connectivity index (χ2n) is 9.92. The minimum absolute atomic E-state index is 0.0319. The number of aliphatic hydroxyl groups excluding tert-OH is 1. The van der Waals surface area contributed by atoms with Crippen LogP contribution in [-0.2, 0) is 0 Å². The molecule has 4 heterocycles. The Kier molecular flexibility index (Phi) is 7.12. The van der Waals surface area contributed by atoms with E-state index in [1.54, 1.807) is 0 Å². The maximum Gasteiger partial charge on any atom is 0.333 e. The summed E-state index contributed by atoms with van der Waals surface area (Å²) in [5.41, 5.74) is 0.0714. The highest BCUT2D eigenvalue weighted by Gasteiger charge is 2.29. The third-order valence-corrected chi connectivity index (χ3v) is 6.51. The van der Waals surface area contributed by atoms with Crippen molar-refractivity contribution in [3.05, 3.63) is 60.2 Å². The molecule has 13 heteroatoms. The molecule has 206 valence electrons. The maximum absolute atomic E-state index is 14.0. The molecule has 1 saturated heterocycles. The summed E-state index contributed by atoms with van der Waals surface area (Å²) < 4.78 is 60.1. The van der Waals surface area contributed by atoms with Crippen molar-refractivity contribution in [3.8, 4) is 17.0 Å². The van der Waals surface area contributed by atoms with Gasteiger partial charge in [-0.15, -0.1) is 0 Å². The Morgan fingerprint density at radius 2 is 1.79 bits per heavy atom. The second-order valence-corrected chi connectivity index (χ2v) is 9.92. The zero-order valence-corrected chi connectivity index (χ0v) is 21.1. The predicted molar refractivity (Wildman–Crippen MR) is 133 cm³/mol. The van der Waals surface area contributed by atoms with Crippen molar-refractivity contribution in [1.82, 2.24) is 24.7 Å². The van der Waals surface area contributed by atoms with Crippen LogP contribution < -0.4 is 9.64 Å². The largest absolute Gasteiger partial charge is 0.487 e. The minimum atomic E-state index is -2.84. The third kappa shape index (κ3) is 5.64. The highest BCUT2D eigenvalue weighted by Crippen LogP contribution is 2.34. The lowest BCUT2D eigenvalue weighted by Gasteiger charge is -2.33. The molecule has 1 aromatic carbocycles. The first kappa shape index (κ1) is 26.8. The molecule has 0 radical (unpaired) electrons. The Balaban J connectivity index is 1.46. The van der Waals surface area contributed by atoms with Gasteiger partial charge in [0.2, 0.25) is 0 Å². The van der Waals surface area contributed by atoms with Gasteiger partial charge >= 0.3 is 6.55 Å². The number of piperidine rings is 1. The molecule has 0 saturated carbocycles. The first-order chi connectivity index (χ1) is 18.5. The van der Waals surface area contributed by atoms with Gasteiger partial charge in [0.05, 0.1) is 29.2 Å². The van der Waals surface area contributed by atoms with E-state index >= 15 is 0 Å². The van der Waals surface area contributed by atoms with E-state index in [0.717, 1.165) is 12.1 Å². The molecule has 0 unspecified atom stereocenters. The molecule has 1 aliphatic heterocycles. The average molecular weight is 547 g/mol. The van der Waals surface area contributed by atoms with Gasteiger partial charge in [0.25, 0.3) is 0 Å². The topological polar surface area (TPSA) is 109 Å². The smallest absolute Gasteiger partial charge is 0.333 e. The number of benzene rings is 1. The lowest BCUT2D eigenvalue weighted by atomic mass is 9.98. The standard InChI is InChI=1S/C26H26F4N6O3/c1-26(2,38)23(37)19-10-18-20(12-31-19)34-24(22(33-18)14-11-32-36(13-14)25(29)30)35-7-5-16(6-8-35)39-21-4-3-15(27)9-17(21)28/h3-4,9-13,16,23,25,37-38H,5-8H2,1-2H3/t23-/m1/s1. The van der Waals surface area contributed by atoms with E-state index in [2.05, 4.69) is 15.1 Å². The molecule has 4 aromatic rings. The number of nitrogens with zero attached hydrogens (tertiary/aromatic N) is 6. The highest BCUT2D eigenvalue weighted by molar-refractivity contribution is 5.83. The first-order valence-electron chi connectivity index (χ1n) is 12.3. The quantitative estimate of drug-likeness (QED) is 0.328. The highest BCUT2D eigenvalue weighted by atomic mass is 19.3. The number of alkyl halides is 2. The van der Waals surface area contributed by atoms with Crippen LogP contribution in [0.1, 0.15) is 45.0 Å². The monoisotopic (exact) mass is 546 g/mol. The Hall–Kier alpha value is -3.84. The number of pyridine rings is 1. The number of fused-ring (bicyclic) bond motifs is 1. The minimum Gasteiger partial charge on any atom is -0.487 e. The lowest BCUT2D eigenvalue weighted by molar-refractivity contribution is -0.0516. The number of halogens is 4. The number of ether oxygens (including phenoxy) is 1. The van der Waals surface area contributed by atoms with Gasteiger partial charge < -0.3 is 19.8 Å².